The molecule has 0 saturated heterocycles. The molecule has 7 nitrogen and oxygen atoms in total. The minimum Gasteiger partial charge on any atom is -0.455 e. The lowest BCUT2D eigenvalue weighted by Crippen LogP contribution is -2.25. The second kappa shape index (κ2) is 5.23. The number of alkyl halides is 2. The van der Waals surface area contributed by atoms with E-state index in [2.05, 4.69) is 15.4 Å². The van der Waals surface area contributed by atoms with Gasteiger partial charge in [0.2, 0.25) is 0 Å². The Hall–Kier alpha value is -2.32. The van der Waals surface area contributed by atoms with Crippen LogP contribution in [0.2, 0.25) is 0 Å². The molecule has 0 radical (unpaired) electrons. The standard InChI is InChI=1S/C12H15F2N5O2/c1-12(2,3)21-10(20)9-8(15-17-18(9)4)7-5-6-19(16-7)11(13)14/h5-6,11H,1-4H3. The highest BCUT2D eigenvalue weighted by Gasteiger charge is 2.27. The van der Waals surface area contributed by atoms with E-state index in [1.807, 2.05) is 0 Å². The van der Waals surface area contributed by atoms with Gasteiger partial charge in [-0.1, -0.05) is 5.21 Å². The lowest BCUT2D eigenvalue weighted by Gasteiger charge is -2.19. The van der Waals surface area contributed by atoms with Crippen LogP contribution in [0.5, 0.6) is 0 Å². The van der Waals surface area contributed by atoms with Crippen molar-refractivity contribution < 1.29 is 18.3 Å². The molecule has 0 aliphatic heterocycles. The van der Waals surface area contributed by atoms with Crippen LogP contribution in [0.4, 0.5) is 8.78 Å². The van der Waals surface area contributed by atoms with Crippen LogP contribution in [0.15, 0.2) is 12.3 Å². The molecule has 9 heteroatoms. The first-order valence-electron chi connectivity index (χ1n) is 6.16. The van der Waals surface area contributed by atoms with Crippen molar-refractivity contribution in [1.82, 2.24) is 24.8 Å². The zero-order chi connectivity index (χ0) is 15.8. The van der Waals surface area contributed by atoms with Crippen LogP contribution in [-0.2, 0) is 11.8 Å². The van der Waals surface area contributed by atoms with Gasteiger partial charge in [-0.15, -0.1) is 5.10 Å². The molecule has 2 heterocycles. The van der Waals surface area contributed by atoms with E-state index >= 15 is 0 Å². The maximum Gasteiger partial charge on any atom is 0.359 e. The summed E-state index contributed by atoms with van der Waals surface area (Å²) in [4.78, 5) is 12.2. The molecule has 114 valence electrons. The van der Waals surface area contributed by atoms with Crippen LogP contribution in [0.25, 0.3) is 11.4 Å². The molecule has 0 atom stereocenters. The highest BCUT2D eigenvalue weighted by atomic mass is 19.3. The van der Waals surface area contributed by atoms with Crippen molar-refractivity contribution in [2.45, 2.75) is 32.9 Å². The number of ether oxygens (including phenoxy) is 1. The van der Waals surface area contributed by atoms with Gasteiger partial charge in [0, 0.05) is 13.2 Å². The third-order valence-electron chi connectivity index (χ3n) is 2.47. The van der Waals surface area contributed by atoms with Gasteiger partial charge in [-0.2, -0.15) is 13.9 Å². The number of carbonyl (C=O) groups excluding carboxylic acids is 1. The van der Waals surface area contributed by atoms with Gasteiger partial charge < -0.3 is 4.74 Å². The Morgan fingerprint density at radius 1 is 1.38 bits per heavy atom. The Bertz CT molecular complexity index is 657. The summed E-state index contributed by atoms with van der Waals surface area (Å²) in [6.45, 7) is 2.40. The van der Waals surface area contributed by atoms with Crippen molar-refractivity contribution in [1.29, 1.82) is 0 Å². The summed E-state index contributed by atoms with van der Waals surface area (Å²) in [5, 5.41) is 11.2. The number of rotatable bonds is 3. The second-order valence-electron chi connectivity index (χ2n) is 5.37. The predicted molar refractivity (Wildman–Crippen MR) is 68.6 cm³/mol. The highest BCUT2D eigenvalue weighted by molar-refractivity contribution is 5.93. The minimum absolute atomic E-state index is 0.0597. The summed E-state index contributed by atoms with van der Waals surface area (Å²) in [6, 6.07) is 1.34. The van der Waals surface area contributed by atoms with E-state index in [9.17, 15) is 13.6 Å². The molecule has 0 fully saturated rings. The first-order valence-corrected chi connectivity index (χ1v) is 6.16. The van der Waals surface area contributed by atoms with Crippen LogP contribution in [0.3, 0.4) is 0 Å². The summed E-state index contributed by atoms with van der Waals surface area (Å²) >= 11 is 0. The smallest absolute Gasteiger partial charge is 0.359 e. The lowest BCUT2D eigenvalue weighted by atomic mass is 10.2. The third kappa shape index (κ3) is 3.23. The van der Waals surface area contributed by atoms with Crippen LogP contribution in [0.1, 0.15) is 37.8 Å². The zero-order valence-electron chi connectivity index (χ0n) is 12.0. The number of aryl methyl sites for hydroxylation is 1. The maximum absolute atomic E-state index is 12.6. The Morgan fingerprint density at radius 2 is 2.05 bits per heavy atom. The molecule has 2 rings (SSSR count). The molecule has 0 spiro atoms. The first kappa shape index (κ1) is 15.1. The summed E-state index contributed by atoms with van der Waals surface area (Å²) in [5.41, 5.74) is -0.402. The first-order chi connectivity index (χ1) is 9.69. The van der Waals surface area contributed by atoms with Gasteiger partial charge in [-0.05, 0) is 26.8 Å². The number of esters is 1. The minimum atomic E-state index is -2.76. The van der Waals surface area contributed by atoms with E-state index in [0.29, 0.717) is 4.68 Å². The summed E-state index contributed by atoms with van der Waals surface area (Å²) in [7, 11) is 1.51. The average Bonchev–Trinajstić information content (AvgIpc) is 2.92. The lowest BCUT2D eigenvalue weighted by molar-refractivity contribution is 0.00584. The molecule has 0 unspecified atom stereocenters. The molecular formula is C12H15F2N5O2. The topological polar surface area (TPSA) is 74.8 Å². The quantitative estimate of drug-likeness (QED) is 0.811. The fourth-order valence-corrected chi connectivity index (χ4v) is 1.66. The van der Waals surface area contributed by atoms with Crippen molar-refractivity contribution >= 4 is 5.97 Å². The Kier molecular flexibility index (Phi) is 3.75. The molecule has 0 aliphatic rings. The van der Waals surface area contributed by atoms with Gasteiger partial charge in [-0.25, -0.2) is 14.2 Å². The largest absolute Gasteiger partial charge is 0.455 e. The third-order valence-corrected chi connectivity index (χ3v) is 2.47. The number of aromatic nitrogens is 5. The summed E-state index contributed by atoms with van der Waals surface area (Å²) < 4.78 is 32.1. The van der Waals surface area contributed by atoms with Gasteiger partial charge in [-0.3, -0.25) is 0 Å². The van der Waals surface area contributed by atoms with E-state index in [0.717, 1.165) is 6.20 Å². The molecular weight excluding hydrogens is 284 g/mol. The van der Waals surface area contributed by atoms with E-state index in [-0.39, 0.29) is 17.1 Å². The van der Waals surface area contributed by atoms with E-state index < -0.39 is 18.1 Å². The molecule has 2 aromatic rings. The van der Waals surface area contributed by atoms with Crippen molar-refractivity contribution in [2.24, 2.45) is 7.05 Å². The Balaban J connectivity index is 2.39. The molecule has 0 aliphatic carbocycles. The van der Waals surface area contributed by atoms with Crippen LogP contribution in [0, 0.1) is 0 Å². The van der Waals surface area contributed by atoms with Crippen LogP contribution < -0.4 is 0 Å². The number of nitrogens with zero attached hydrogens (tertiary/aromatic N) is 5. The van der Waals surface area contributed by atoms with Crippen molar-refractivity contribution in [3.8, 4) is 11.4 Å². The number of carbonyl (C=O) groups is 1. The Morgan fingerprint density at radius 3 is 2.57 bits per heavy atom. The molecule has 0 saturated carbocycles. The van der Waals surface area contributed by atoms with Gasteiger partial charge >= 0.3 is 12.5 Å². The second-order valence-corrected chi connectivity index (χ2v) is 5.37. The normalized spacial score (nSPS) is 12.0. The molecule has 0 aromatic carbocycles. The van der Waals surface area contributed by atoms with E-state index in [1.165, 1.54) is 17.8 Å². The van der Waals surface area contributed by atoms with Crippen molar-refractivity contribution in [2.75, 3.05) is 0 Å². The Labute approximate surface area is 119 Å². The van der Waals surface area contributed by atoms with Crippen molar-refractivity contribution in [3.05, 3.63) is 18.0 Å². The maximum atomic E-state index is 12.6. The molecule has 21 heavy (non-hydrogen) atoms. The molecule has 2 aromatic heterocycles. The van der Waals surface area contributed by atoms with E-state index in [4.69, 9.17) is 4.74 Å². The van der Waals surface area contributed by atoms with Gasteiger partial charge in [0.25, 0.3) is 0 Å². The number of hydrogen-bond acceptors (Lipinski definition) is 5. The summed E-state index contributed by atoms with van der Waals surface area (Å²) in [5.74, 6) is -0.642. The van der Waals surface area contributed by atoms with Gasteiger partial charge in [0.1, 0.15) is 17.0 Å². The fourth-order valence-electron chi connectivity index (χ4n) is 1.66. The SMILES string of the molecule is Cn1nnc(-c2ccn(C(F)F)n2)c1C(=O)OC(C)(C)C. The number of halogens is 2. The van der Waals surface area contributed by atoms with Gasteiger partial charge in [0.05, 0.1) is 0 Å². The van der Waals surface area contributed by atoms with Gasteiger partial charge in [0.15, 0.2) is 5.69 Å². The van der Waals surface area contributed by atoms with Crippen LogP contribution in [-0.4, -0.2) is 36.3 Å². The number of hydrogen-bond donors (Lipinski definition) is 0. The summed E-state index contributed by atoms with van der Waals surface area (Å²) in [6.07, 6.45) is 1.10. The monoisotopic (exact) mass is 299 g/mol. The molecule has 0 bridgehead atoms. The van der Waals surface area contributed by atoms with Crippen LogP contribution >= 0.6 is 0 Å². The average molecular weight is 299 g/mol. The highest BCUT2D eigenvalue weighted by Crippen LogP contribution is 2.22. The predicted octanol–water partition coefficient (Wildman–Crippen LogP) is 2.03. The fraction of sp³-hybridized carbons (Fsp3) is 0.500. The molecule has 0 N–H and O–H groups in total. The van der Waals surface area contributed by atoms with Crippen molar-refractivity contribution in [3.63, 3.8) is 0 Å². The molecule has 0 amide bonds. The van der Waals surface area contributed by atoms with E-state index in [1.54, 1.807) is 20.8 Å². The zero-order valence-corrected chi connectivity index (χ0v) is 12.0.